The molecule has 1 aliphatic rings. The van der Waals surface area contributed by atoms with E-state index in [0.717, 1.165) is 24.4 Å². The molecule has 0 unspecified atom stereocenters. The Morgan fingerprint density at radius 2 is 2.11 bits per heavy atom. The van der Waals surface area contributed by atoms with E-state index in [1.807, 2.05) is 42.5 Å². The molecule has 1 N–H and O–H groups in total. The van der Waals surface area contributed by atoms with Crippen molar-refractivity contribution in [2.24, 2.45) is 5.92 Å². The second kappa shape index (κ2) is 10.5. The maximum absolute atomic E-state index is 12.4. The quantitative estimate of drug-likeness (QED) is 0.649. The molecule has 3 rings (SSSR count). The van der Waals surface area contributed by atoms with Gasteiger partial charge in [0.2, 0.25) is 0 Å². The third kappa shape index (κ3) is 6.25. The van der Waals surface area contributed by atoms with E-state index in [2.05, 4.69) is 17.1 Å². The summed E-state index contributed by atoms with van der Waals surface area (Å²) in [6.45, 7) is 6.79. The average molecular weight is 401 g/mol. The molecule has 28 heavy (non-hydrogen) atoms. The number of benzene rings is 2. The number of nitrogens with zero attached hydrogens (tertiary/aromatic N) is 1. The minimum Gasteiger partial charge on any atom is -0.489 e. The third-order valence-electron chi connectivity index (χ3n) is 5.13. The Kier molecular flexibility index (Phi) is 7.75. The van der Waals surface area contributed by atoms with Gasteiger partial charge in [-0.25, -0.2) is 0 Å². The Hall–Kier alpha value is -2.04. The van der Waals surface area contributed by atoms with E-state index in [4.69, 9.17) is 16.3 Å². The van der Waals surface area contributed by atoms with E-state index in [-0.39, 0.29) is 5.91 Å². The number of carbonyl (C=O) groups is 1. The highest BCUT2D eigenvalue weighted by Gasteiger charge is 2.15. The minimum absolute atomic E-state index is 0.0600. The summed E-state index contributed by atoms with van der Waals surface area (Å²) in [6, 6.07) is 14.9. The van der Waals surface area contributed by atoms with E-state index >= 15 is 0 Å². The highest BCUT2D eigenvalue weighted by molar-refractivity contribution is 6.31. The Labute approximate surface area is 172 Å². The Bertz CT molecular complexity index is 781. The zero-order valence-corrected chi connectivity index (χ0v) is 17.3. The summed E-state index contributed by atoms with van der Waals surface area (Å²) < 4.78 is 5.81. The van der Waals surface area contributed by atoms with E-state index < -0.39 is 0 Å². The van der Waals surface area contributed by atoms with Gasteiger partial charge in [-0.05, 0) is 62.5 Å². The molecule has 150 valence electrons. The van der Waals surface area contributed by atoms with Gasteiger partial charge < -0.3 is 15.0 Å². The number of hydrogen-bond acceptors (Lipinski definition) is 3. The van der Waals surface area contributed by atoms with Gasteiger partial charge in [-0.15, -0.1) is 0 Å². The van der Waals surface area contributed by atoms with Crippen LogP contribution in [0.4, 0.5) is 0 Å². The molecular weight excluding hydrogens is 372 g/mol. The number of halogens is 1. The zero-order chi connectivity index (χ0) is 19.8. The van der Waals surface area contributed by atoms with Gasteiger partial charge in [0, 0.05) is 29.2 Å². The lowest BCUT2D eigenvalue weighted by Gasteiger charge is -2.30. The van der Waals surface area contributed by atoms with Crippen LogP contribution in [0.15, 0.2) is 48.5 Å². The number of rotatable bonds is 8. The molecule has 1 aliphatic heterocycles. The summed E-state index contributed by atoms with van der Waals surface area (Å²) in [4.78, 5) is 14.9. The maximum Gasteiger partial charge on any atom is 0.251 e. The first kappa shape index (κ1) is 20.7. The van der Waals surface area contributed by atoms with Crippen LogP contribution < -0.4 is 10.1 Å². The summed E-state index contributed by atoms with van der Waals surface area (Å²) >= 11 is 6.16. The summed E-state index contributed by atoms with van der Waals surface area (Å²) in [5.74, 6) is 1.39. The molecule has 1 fully saturated rings. The van der Waals surface area contributed by atoms with Crippen LogP contribution in [0, 0.1) is 5.92 Å². The van der Waals surface area contributed by atoms with Crippen LogP contribution >= 0.6 is 11.6 Å². The van der Waals surface area contributed by atoms with Crippen molar-refractivity contribution in [2.75, 3.05) is 26.2 Å². The van der Waals surface area contributed by atoms with Crippen LogP contribution in [0.3, 0.4) is 0 Å². The van der Waals surface area contributed by atoms with Gasteiger partial charge in [0.05, 0.1) is 0 Å². The largest absolute Gasteiger partial charge is 0.489 e. The number of ether oxygens (including phenoxy) is 1. The smallest absolute Gasteiger partial charge is 0.251 e. The van der Waals surface area contributed by atoms with Gasteiger partial charge in [0.1, 0.15) is 12.4 Å². The molecule has 0 bridgehead atoms. The molecule has 1 saturated heterocycles. The molecule has 1 atom stereocenters. The van der Waals surface area contributed by atoms with E-state index in [9.17, 15) is 4.79 Å². The predicted octanol–water partition coefficient (Wildman–Crippen LogP) is 4.77. The van der Waals surface area contributed by atoms with Crippen molar-refractivity contribution in [3.8, 4) is 5.75 Å². The van der Waals surface area contributed by atoms with Gasteiger partial charge in [-0.3, -0.25) is 4.79 Å². The second-order valence-electron chi connectivity index (χ2n) is 7.57. The van der Waals surface area contributed by atoms with Crippen molar-refractivity contribution >= 4 is 17.5 Å². The summed E-state index contributed by atoms with van der Waals surface area (Å²) in [6.07, 6.45) is 3.60. The molecule has 1 heterocycles. The standard InChI is InChI=1S/C23H29ClN2O2/c1-18-7-5-13-26(16-18)14-6-12-25-23(27)19-9-4-10-21(15-19)28-17-20-8-2-3-11-22(20)24/h2-4,8-11,15,18H,5-7,12-14,16-17H2,1H3,(H,25,27)/t18-/m0/s1. The lowest BCUT2D eigenvalue weighted by molar-refractivity contribution is 0.0949. The highest BCUT2D eigenvalue weighted by Crippen LogP contribution is 2.19. The highest BCUT2D eigenvalue weighted by atomic mass is 35.5. The second-order valence-corrected chi connectivity index (χ2v) is 7.97. The Morgan fingerprint density at radius 3 is 2.93 bits per heavy atom. The SMILES string of the molecule is C[C@H]1CCCN(CCCNC(=O)c2cccc(OCc3ccccc3Cl)c2)C1. The topological polar surface area (TPSA) is 41.6 Å². The first-order valence-electron chi connectivity index (χ1n) is 10.1. The van der Waals surface area contributed by atoms with Crippen molar-refractivity contribution in [1.29, 1.82) is 0 Å². The zero-order valence-electron chi connectivity index (χ0n) is 16.5. The number of piperidine rings is 1. The molecular formula is C23H29ClN2O2. The average Bonchev–Trinajstić information content (AvgIpc) is 2.71. The van der Waals surface area contributed by atoms with Crippen LogP contribution in [0.1, 0.15) is 42.1 Å². The Morgan fingerprint density at radius 1 is 1.25 bits per heavy atom. The van der Waals surface area contributed by atoms with Crippen LogP contribution in [-0.2, 0) is 6.61 Å². The Balaban J connectivity index is 1.43. The van der Waals surface area contributed by atoms with Gasteiger partial charge in [0.15, 0.2) is 0 Å². The summed E-state index contributed by atoms with van der Waals surface area (Å²) in [7, 11) is 0. The maximum atomic E-state index is 12.4. The van der Waals surface area contributed by atoms with Crippen molar-refractivity contribution in [1.82, 2.24) is 10.2 Å². The summed E-state index contributed by atoms with van der Waals surface area (Å²) in [5, 5.41) is 3.70. The number of carbonyl (C=O) groups excluding carboxylic acids is 1. The normalized spacial score (nSPS) is 17.3. The van der Waals surface area contributed by atoms with Gasteiger partial charge in [-0.1, -0.05) is 42.8 Å². The molecule has 1 amide bonds. The first-order chi connectivity index (χ1) is 13.6. The molecule has 0 aromatic heterocycles. The number of hydrogen-bond donors (Lipinski definition) is 1. The van der Waals surface area contributed by atoms with Gasteiger partial charge in [0.25, 0.3) is 5.91 Å². The monoisotopic (exact) mass is 400 g/mol. The lowest BCUT2D eigenvalue weighted by Crippen LogP contribution is -2.36. The van der Waals surface area contributed by atoms with Crippen molar-refractivity contribution in [2.45, 2.75) is 32.8 Å². The molecule has 0 radical (unpaired) electrons. The van der Waals surface area contributed by atoms with Crippen molar-refractivity contribution < 1.29 is 9.53 Å². The third-order valence-corrected chi connectivity index (χ3v) is 5.49. The number of amides is 1. The fourth-order valence-corrected chi connectivity index (χ4v) is 3.79. The molecule has 4 nitrogen and oxygen atoms in total. The molecule has 0 spiro atoms. The first-order valence-corrected chi connectivity index (χ1v) is 10.5. The minimum atomic E-state index is -0.0600. The van der Waals surface area contributed by atoms with Crippen LogP contribution in [0.5, 0.6) is 5.75 Å². The van der Waals surface area contributed by atoms with E-state index in [1.54, 1.807) is 6.07 Å². The molecule has 5 heteroatoms. The van der Waals surface area contributed by atoms with E-state index in [0.29, 0.717) is 29.5 Å². The van der Waals surface area contributed by atoms with E-state index in [1.165, 1.54) is 25.9 Å². The molecule has 2 aromatic carbocycles. The molecule has 0 saturated carbocycles. The molecule has 2 aromatic rings. The summed E-state index contributed by atoms with van der Waals surface area (Å²) in [5.41, 5.74) is 1.54. The van der Waals surface area contributed by atoms with Crippen molar-refractivity contribution in [3.05, 3.63) is 64.7 Å². The predicted molar refractivity (Wildman–Crippen MR) is 114 cm³/mol. The van der Waals surface area contributed by atoms with Gasteiger partial charge >= 0.3 is 0 Å². The molecule has 0 aliphatic carbocycles. The van der Waals surface area contributed by atoms with Crippen molar-refractivity contribution in [3.63, 3.8) is 0 Å². The van der Waals surface area contributed by atoms with Crippen LogP contribution in [0.25, 0.3) is 0 Å². The fraction of sp³-hybridized carbons (Fsp3) is 0.435. The fourth-order valence-electron chi connectivity index (χ4n) is 3.60. The number of likely N-dealkylation sites (tertiary alicyclic amines) is 1. The van der Waals surface area contributed by atoms with Crippen LogP contribution in [0.2, 0.25) is 5.02 Å². The lowest BCUT2D eigenvalue weighted by atomic mass is 10.0. The van der Waals surface area contributed by atoms with Gasteiger partial charge in [-0.2, -0.15) is 0 Å². The number of nitrogens with one attached hydrogen (secondary N) is 1. The van der Waals surface area contributed by atoms with Crippen LogP contribution in [-0.4, -0.2) is 37.0 Å².